The van der Waals surface area contributed by atoms with E-state index in [0.29, 0.717) is 31.5 Å². The topological polar surface area (TPSA) is 36.8 Å². The highest BCUT2D eigenvalue weighted by Gasteiger charge is 2.05. The minimum atomic E-state index is 0.376. The van der Waals surface area contributed by atoms with Gasteiger partial charge in [-0.25, -0.2) is 0 Å². The van der Waals surface area contributed by atoms with Gasteiger partial charge < -0.3 is 0 Å². The van der Waals surface area contributed by atoms with Crippen LogP contribution in [0, 0.1) is 0 Å². The van der Waals surface area contributed by atoms with Crippen LogP contribution in [-0.2, 0) is 0 Å². The molecule has 0 radical (unpaired) electrons. The van der Waals surface area contributed by atoms with Crippen molar-refractivity contribution < 1.29 is 0 Å². The Balaban J connectivity index is 2.21. The van der Waals surface area contributed by atoms with Crippen LogP contribution in [-0.4, -0.2) is 0 Å². The lowest BCUT2D eigenvalue weighted by molar-refractivity contribution is 1.13. The van der Waals surface area contributed by atoms with Gasteiger partial charge in [-0.3, -0.25) is 5.43 Å². The third kappa shape index (κ3) is 3.51. The fraction of sp³-hybridized carbons (Fsp3) is 0. The summed E-state index contributed by atoms with van der Waals surface area (Å²) in [4.78, 5) is 0. The average Bonchev–Trinajstić information content (AvgIpc) is 2.36. The summed E-state index contributed by atoms with van der Waals surface area (Å²) in [5, 5.41) is 9.40. The van der Waals surface area contributed by atoms with Crippen LogP contribution in [0.5, 0.6) is 0 Å². The Kier molecular flexibility index (Phi) is 4.88. The van der Waals surface area contributed by atoms with Gasteiger partial charge in [-0.05, 0) is 24.3 Å². The number of benzene rings is 2. The molecule has 3 nitrogen and oxygen atoms in total. The first-order chi connectivity index (χ1) is 9.09. The SMILES string of the molecule is Clc1cccc(Cl)c1N=NNc1c(Cl)cccc1Cl. The van der Waals surface area contributed by atoms with Crippen LogP contribution in [0.3, 0.4) is 0 Å². The zero-order valence-corrected chi connectivity index (χ0v) is 12.4. The first-order valence-corrected chi connectivity index (χ1v) is 6.65. The molecule has 0 saturated heterocycles. The molecular weight excluding hydrogens is 328 g/mol. The monoisotopic (exact) mass is 333 g/mol. The highest BCUT2D eigenvalue weighted by atomic mass is 35.5. The molecule has 0 spiro atoms. The van der Waals surface area contributed by atoms with E-state index in [-0.39, 0.29) is 0 Å². The first kappa shape index (κ1) is 14.4. The zero-order valence-electron chi connectivity index (χ0n) is 9.37. The minimum absolute atomic E-state index is 0.376. The van der Waals surface area contributed by atoms with Crippen molar-refractivity contribution >= 4 is 57.8 Å². The number of hydrogen-bond acceptors (Lipinski definition) is 2. The summed E-state index contributed by atoms with van der Waals surface area (Å²) < 4.78 is 0. The lowest BCUT2D eigenvalue weighted by Gasteiger charge is -2.04. The molecular formula is C12H7Cl4N3. The van der Waals surface area contributed by atoms with Crippen molar-refractivity contribution in [2.75, 3.05) is 5.43 Å². The van der Waals surface area contributed by atoms with E-state index < -0.39 is 0 Å². The van der Waals surface area contributed by atoms with Crippen LogP contribution in [0.2, 0.25) is 20.1 Å². The van der Waals surface area contributed by atoms with Crippen molar-refractivity contribution in [3.8, 4) is 0 Å². The van der Waals surface area contributed by atoms with Gasteiger partial charge in [-0.1, -0.05) is 63.8 Å². The third-order valence-electron chi connectivity index (χ3n) is 2.21. The fourth-order valence-corrected chi connectivity index (χ4v) is 2.27. The number of para-hydroxylation sites is 1. The maximum Gasteiger partial charge on any atom is 0.125 e. The van der Waals surface area contributed by atoms with Gasteiger partial charge in [0.05, 0.1) is 25.8 Å². The van der Waals surface area contributed by atoms with Crippen molar-refractivity contribution in [1.82, 2.24) is 0 Å². The Morgan fingerprint density at radius 2 is 1.21 bits per heavy atom. The number of nitrogens with one attached hydrogen (secondary N) is 1. The van der Waals surface area contributed by atoms with Gasteiger partial charge in [-0.15, -0.1) is 5.11 Å². The molecule has 0 saturated carbocycles. The molecule has 0 aromatic heterocycles. The van der Waals surface area contributed by atoms with Crippen molar-refractivity contribution in [2.45, 2.75) is 0 Å². The summed E-state index contributed by atoms with van der Waals surface area (Å²) >= 11 is 23.9. The lowest BCUT2D eigenvalue weighted by atomic mass is 10.3. The molecule has 1 N–H and O–H groups in total. The molecule has 98 valence electrons. The van der Waals surface area contributed by atoms with E-state index in [2.05, 4.69) is 15.8 Å². The predicted molar refractivity (Wildman–Crippen MR) is 81.1 cm³/mol. The van der Waals surface area contributed by atoms with Crippen LogP contribution in [0.1, 0.15) is 0 Å². The second-order valence-corrected chi connectivity index (χ2v) is 5.11. The van der Waals surface area contributed by atoms with E-state index in [4.69, 9.17) is 46.4 Å². The molecule has 2 rings (SSSR count). The number of nitrogens with zero attached hydrogens (tertiary/aromatic N) is 2. The lowest BCUT2D eigenvalue weighted by Crippen LogP contribution is -1.88. The summed E-state index contributed by atoms with van der Waals surface area (Å²) in [6.45, 7) is 0. The second kappa shape index (κ2) is 6.44. The molecule has 0 amide bonds. The Bertz CT molecular complexity index is 588. The summed E-state index contributed by atoms with van der Waals surface area (Å²) in [5.41, 5.74) is 3.51. The number of anilines is 1. The normalized spacial score (nSPS) is 10.9. The van der Waals surface area contributed by atoms with Crippen molar-refractivity contribution in [1.29, 1.82) is 0 Å². The van der Waals surface area contributed by atoms with E-state index in [0.717, 1.165) is 0 Å². The maximum atomic E-state index is 5.97. The van der Waals surface area contributed by atoms with Crippen molar-refractivity contribution in [2.24, 2.45) is 10.3 Å². The van der Waals surface area contributed by atoms with Gasteiger partial charge in [0.15, 0.2) is 0 Å². The molecule has 0 unspecified atom stereocenters. The Morgan fingerprint density at radius 3 is 1.74 bits per heavy atom. The molecule has 0 fully saturated rings. The summed E-state index contributed by atoms with van der Waals surface area (Å²) in [6, 6.07) is 10.2. The van der Waals surface area contributed by atoms with Gasteiger partial charge in [0.1, 0.15) is 5.69 Å². The van der Waals surface area contributed by atoms with Gasteiger partial charge in [0, 0.05) is 0 Å². The summed E-state index contributed by atoms with van der Waals surface area (Å²) in [6.07, 6.45) is 0. The Labute approximate surface area is 130 Å². The Morgan fingerprint density at radius 1 is 0.737 bits per heavy atom. The summed E-state index contributed by atoms with van der Waals surface area (Å²) in [7, 11) is 0. The van der Waals surface area contributed by atoms with E-state index in [1.807, 2.05) is 0 Å². The largest absolute Gasteiger partial charge is 0.257 e. The molecule has 0 heterocycles. The van der Waals surface area contributed by atoms with Crippen LogP contribution in [0.4, 0.5) is 11.4 Å². The molecule has 0 atom stereocenters. The molecule has 0 aliphatic rings. The molecule has 2 aromatic rings. The number of hydrogen-bond donors (Lipinski definition) is 1. The number of halogens is 4. The molecule has 0 aliphatic heterocycles. The number of rotatable bonds is 3. The molecule has 0 bridgehead atoms. The van der Waals surface area contributed by atoms with E-state index in [1.54, 1.807) is 36.4 Å². The predicted octanol–water partition coefficient (Wildman–Crippen LogP) is 6.41. The molecule has 2 aromatic carbocycles. The molecule has 7 heteroatoms. The highest BCUT2D eigenvalue weighted by molar-refractivity contribution is 6.39. The standard InChI is InChI=1S/C12H7Cl4N3/c13-7-3-1-4-8(14)11(7)17-19-18-12-9(15)5-2-6-10(12)16/h1-6H,(H,17,18). The van der Waals surface area contributed by atoms with Crippen molar-refractivity contribution in [3.05, 3.63) is 56.5 Å². The molecule has 19 heavy (non-hydrogen) atoms. The van der Waals surface area contributed by atoms with Gasteiger partial charge in [0.25, 0.3) is 0 Å². The third-order valence-corrected chi connectivity index (χ3v) is 3.45. The van der Waals surface area contributed by atoms with Crippen LogP contribution < -0.4 is 5.43 Å². The first-order valence-electron chi connectivity index (χ1n) is 5.14. The van der Waals surface area contributed by atoms with E-state index >= 15 is 0 Å². The van der Waals surface area contributed by atoms with Gasteiger partial charge >= 0.3 is 0 Å². The van der Waals surface area contributed by atoms with Gasteiger partial charge in [0.2, 0.25) is 0 Å². The highest BCUT2D eigenvalue weighted by Crippen LogP contribution is 2.34. The second-order valence-electron chi connectivity index (χ2n) is 3.48. The molecule has 0 aliphatic carbocycles. The summed E-state index contributed by atoms with van der Waals surface area (Å²) in [5.74, 6) is 0. The maximum absolute atomic E-state index is 5.97. The van der Waals surface area contributed by atoms with Crippen molar-refractivity contribution in [3.63, 3.8) is 0 Å². The van der Waals surface area contributed by atoms with Gasteiger partial charge in [-0.2, -0.15) is 0 Å². The average molecular weight is 335 g/mol. The smallest absolute Gasteiger partial charge is 0.125 e. The Hall–Kier alpha value is -1.00. The van der Waals surface area contributed by atoms with Crippen LogP contribution in [0.25, 0.3) is 0 Å². The van der Waals surface area contributed by atoms with Crippen LogP contribution >= 0.6 is 46.4 Å². The minimum Gasteiger partial charge on any atom is -0.257 e. The van der Waals surface area contributed by atoms with E-state index in [9.17, 15) is 0 Å². The van der Waals surface area contributed by atoms with Crippen LogP contribution in [0.15, 0.2) is 46.7 Å². The van der Waals surface area contributed by atoms with E-state index in [1.165, 1.54) is 0 Å². The zero-order chi connectivity index (χ0) is 13.8. The fourth-order valence-electron chi connectivity index (χ4n) is 1.31. The quantitative estimate of drug-likeness (QED) is 0.511.